The number of halogens is 4. The summed E-state index contributed by atoms with van der Waals surface area (Å²) in [6.07, 6.45) is -1.78. The Labute approximate surface area is 222 Å². The van der Waals surface area contributed by atoms with E-state index in [1.165, 1.54) is 6.07 Å². The lowest BCUT2D eigenvalue weighted by Gasteiger charge is -2.32. The Hall–Kier alpha value is -3.79. The van der Waals surface area contributed by atoms with Gasteiger partial charge in [-0.15, -0.1) is 10.2 Å². The predicted octanol–water partition coefficient (Wildman–Crippen LogP) is 7.30. The molecule has 5 rings (SSSR count). The minimum absolute atomic E-state index is 0.00493. The van der Waals surface area contributed by atoms with E-state index in [0.717, 1.165) is 34.7 Å². The molecule has 2 atom stereocenters. The third kappa shape index (κ3) is 5.26. The van der Waals surface area contributed by atoms with Gasteiger partial charge in [0.05, 0.1) is 22.8 Å². The van der Waals surface area contributed by atoms with Crippen LogP contribution in [0.3, 0.4) is 0 Å². The summed E-state index contributed by atoms with van der Waals surface area (Å²) in [7, 11) is 0. The van der Waals surface area contributed by atoms with Gasteiger partial charge in [0.1, 0.15) is 17.7 Å². The summed E-state index contributed by atoms with van der Waals surface area (Å²) in [6, 6.07) is 13.7. The molecule has 2 aromatic heterocycles. The summed E-state index contributed by atoms with van der Waals surface area (Å²) < 4.78 is 47.8. The monoisotopic (exact) mass is 543 g/mol. The molecule has 0 saturated heterocycles. The topological polar surface area (TPSA) is 80.6 Å². The lowest BCUT2D eigenvalue weighted by Crippen LogP contribution is -2.35. The summed E-state index contributed by atoms with van der Waals surface area (Å²) in [6.45, 7) is 4.10. The van der Waals surface area contributed by atoms with Crippen molar-refractivity contribution < 1.29 is 22.7 Å². The van der Waals surface area contributed by atoms with Crippen molar-refractivity contribution in [2.24, 2.45) is 0 Å². The number of nitrogens with one attached hydrogen (secondary N) is 2. The maximum absolute atomic E-state index is 13.2. The number of hydrogen-bond acceptors (Lipinski definition) is 4. The largest absolute Gasteiger partial charge is 0.484 e. The van der Waals surface area contributed by atoms with Gasteiger partial charge in [-0.1, -0.05) is 49.7 Å². The number of pyridine rings is 1. The number of carbonyl (C=O) groups excluding carboxylic acids is 1. The van der Waals surface area contributed by atoms with Gasteiger partial charge in [-0.05, 0) is 54.3 Å². The zero-order valence-corrected chi connectivity index (χ0v) is 21.3. The standard InChI is InChI=1S/C27H25ClF3N5O2/c1-15(2)25-35-34-24-12-8-17(14-36(24)25)38-23-11-10-22(18-5-3-4-6-19(18)23)33-26(37)32-16-7-9-21(28)20(13-16)27(29,30)31/h3-9,12-15,22-23H,10-11H2,1-2H3,(H2,32,33,37)/t22-,23-/m0/s1. The van der Waals surface area contributed by atoms with Crippen LogP contribution in [0.1, 0.15) is 67.3 Å². The first kappa shape index (κ1) is 25.8. The van der Waals surface area contributed by atoms with E-state index in [1.54, 1.807) is 0 Å². The number of carbonyl (C=O) groups is 1. The van der Waals surface area contributed by atoms with Crippen molar-refractivity contribution in [2.45, 2.75) is 50.9 Å². The van der Waals surface area contributed by atoms with Gasteiger partial charge in [-0.2, -0.15) is 13.2 Å². The zero-order valence-electron chi connectivity index (χ0n) is 20.6. The number of urea groups is 1. The van der Waals surface area contributed by atoms with Crippen molar-refractivity contribution in [3.63, 3.8) is 0 Å². The number of aromatic nitrogens is 3. The van der Waals surface area contributed by atoms with Crippen LogP contribution in [0, 0.1) is 0 Å². The van der Waals surface area contributed by atoms with Crippen LogP contribution in [-0.2, 0) is 6.18 Å². The number of benzene rings is 2. The van der Waals surface area contributed by atoms with Crippen molar-refractivity contribution in [3.05, 3.63) is 88.3 Å². The van der Waals surface area contributed by atoms with Gasteiger partial charge in [0, 0.05) is 11.6 Å². The number of amides is 2. The molecule has 0 aliphatic heterocycles. The van der Waals surface area contributed by atoms with Crippen molar-refractivity contribution >= 4 is 29.0 Å². The smallest absolute Gasteiger partial charge is 0.417 e. The van der Waals surface area contributed by atoms with Crippen LogP contribution in [0.5, 0.6) is 5.75 Å². The van der Waals surface area contributed by atoms with E-state index < -0.39 is 22.8 Å². The van der Waals surface area contributed by atoms with Crippen molar-refractivity contribution in [2.75, 3.05) is 5.32 Å². The summed E-state index contributed by atoms with van der Waals surface area (Å²) in [5, 5.41) is 13.4. The minimum Gasteiger partial charge on any atom is -0.484 e. The first-order valence-corrected chi connectivity index (χ1v) is 12.5. The van der Waals surface area contributed by atoms with Gasteiger partial charge < -0.3 is 15.4 Å². The SMILES string of the molecule is CC(C)c1nnc2ccc(O[C@H]3CC[C@H](NC(=O)Nc4ccc(Cl)c(C(F)(F)F)c4)c4ccccc43)cn12. The number of fused-ring (bicyclic) bond motifs is 2. The molecule has 2 N–H and O–H groups in total. The number of ether oxygens (including phenoxy) is 1. The van der Waals surface area contributed by atoms with E-state index in [2.05, 4.69) is 20.8 Å². The molecular formula is C27H25ClF3N5O2. The zero-order chi connectivity index (χ0) is 27.0. The van der Waals surface area contributed by atoms with Crippen LogP contribution < -0.4 is 15.4 Å². The average molecular weight is 544 g/mol. The van der Waals surface area contributed by atoms with Crippen LogP contribution >= 0.6 is 11.6 Å². The maximum Gasteiger partial charge on any atom is 0.417 e. The van der Waals surface area contributed by atoms with Gasteiger partial charge in [-0.25, -0.2) is 4.79 Å². The predicted molar refractivity (Wildman–Crippen MR) is 137 cm³/mol. The Balaban J connectivity index is 1.32. The van der Waals surface area contributed by atoms with E-state index in [0.29, 0.717) is 18.6 Å². The van der Waals surface area contributed by atoms with Crippen LogP contribution in [0.4, 0.5) is 23.7 Å². The van der Waals surface area contributed by atoms with Crippen LogP contribution in [-0.4, -0.2) is 20.6 Å². The van der Waals surface area contributed by atoms with Crippen LogP contribution in [0.25, 0.3) is 5.65 Å². The van der Waals surface area contributed by atoms with Gasteiger partial charge in [0.25, 0.3) is 0 Å². The van der Waals surface area contributed by atoms with E-state index in [-0.39, 0.29) is 23.8 Å². The Morgan fingerprint density at radius 2 is 1.84 bits per heavy atom. The maximum atomic E-state index is 13.2. The first-order valence-electron chi connectivity index (χ1n) is 12.1. The molecule has 0 radical (unpaired) electrons. The molecule has 1 aliphatic carbocycles. The molecule has 4 aromatic rings. The fourth-order valence-corrected chi connectivity index (χ4v) is 4.91. The summed E-state index contributed by atoms with van der Waals surface area (Å²) >= 11 is 5.68. The Morgan fingerprint density at radius 1 is 1.08 bits per heavy atom. The second-order valence-corrected chi connectivity index (χ2v) is 9.87. The van der Waals surface area contributed by atoms with Crippen molar-refractivity contribution in [3.8, 4) is 5.75 Å². The molecule has 38 heavy (non-hydrogen) atoms. The fraction of sp³-hybridized carbons (Fsp3) is 0.296. The van der Waals surface area contributed by atoms with E-state index in [9.17, 15) is 18.0 Å². The third-order valence-corrected chi connectivity index (χ3v) is 6.80. The van der Waals surface area contributed by atoms with Gasteiger partial charge in [0.2, 0.25) is 0 Å². The van der Waals surface area contributed by atoms with Gasteiger partial charge in [0.15, 0.2) is 5.65 Å². The highest BCUT2D eigenvalue weighted by Crippen LogP contribution is 2.39. The molecule has 198 valence electrons. The normalized spacial score (nSPS) is 17.3. The number of alkyl halides is 3. The fourth-order valence-electron chi connectivity index (χ4n) is 4.69. The van der Waals surface area contributed by atoms with E-state index in [1.807, 2.05) is 60.8 Å². The number of nitrogens with zero attached hydrogens (tertiary/aromatic N) is 3. The molecule has 2 heterocycles. The molecule has 0 saturated carbocycles. The molecule has 0 fully saturated rings. The summed E-state index contributed by atoms with van der Waals surface area (Å²) in [5.74, 6) is 1.71. The molecule has 0 bridgehead atoms. The molecule has 1 aliphatic rings. The number of anilines is 1. The lowest BCUT2D eigenvalue weighted by atomic mass is 9.85. The van der Waals surface area contributed by atoms with Crippen LogP contribution in [0.2, 0.25) is 5.02 Å². The van der Waals surface area contributed by atoms with Gasteiger partial charge in [-0.3, -0.25) is 4.40 Å². The summed E-state index contributed by atoms with van der Waals surface area (Å²) in [5.41, 5.74) is 1.55. The molecular weight excluding hydrogens is 519 g/mol. The molecule has 0 unspecified atom stereocenters. The highest BCUT2D eigenvalue weighted by atomic mass is 35.5. The minimum atomic E-state index is -4.63. The molecule has 11 heteroatoms. The van der Waals surface area contributed by atoms with Crippen molar-refractivity contribution in [1.29, 1.82) is 0 Å². The number of rotatable bonds is 5. The summed E-state index contributed by atoms with van der Waals surface area (Å²) in [4.78, 5) is 12.7. The Morgan fingerprint density at radius 3 is 2.58 bits per heavy atom. The Bertz CT molecular complexity index is 1490. The molecule has 7 nitrogen and oxygen atoms in total. The molecule has 0 spiro atoms. The van der Waals surface area contributed by atoms with Crippen LogP contribution in [0.15, 0.2) is 60.8 Å². The number of hydrogen-bond donors (Lipinski definition) is 2. The van der Waals surface area contributed by atoms with Crippen molar-refractivity contribution in [1.82, 2.24) is 19.9 Å². The second kappa shape index (κ2) is 10.2. The third-order valence-electron chi connectivity index (χ3n) is 6.47. The average Bonchev–Trinajstić information content (AvgIpc) is 3.30. The molecule has 2 amide bonds. The molecule has 2 aromatic carbocycles. The quantitative estimate of drug-likeness (QED) is 0.277. The van der Waals surface area contributed by atoms with E-state index in [4.69, 9.17) is 16.3 Å². The van der Waals surface area contributed by atoms with E-state index >= 15 is 0 Å². The lowest BCUT2D eigenvalue weighted by molar-refractivity contribution is -0.137. The highest BCUT2D eigenvalue weighted by molar-refractivity contribution is 6.31. The van der Waals surface area contributed by atoms with Gasteiger partial charge >= 0.3 is 12.2 Å². The first-order chi connectivity index (χ1) is 18.1. The Kier molecular flexibility index (Phi) is 6.92. The second-order valence-electron chi connectivity index (χ2n) is 9.46. The highest BCUT2D eigenvalue weighted by Gasteiger charge is 2.34.